The smallest absolute Gasteiger partial charge is 0.233 e. The molecule has 1 rings (SSSR count). The zero-order valence-corrected chi connectivity index (χ0v) is 6.70. The third-order valence-corrected chi connectivity index (χ3v) is 1.55. The lowest BCUT2D eigenvalue weighted by molar-refractivity contribution is -0.672. The van der Waals surface area contributed by atoms with Gasteiger partial charge in [0.2, 0.25) is 0 Å². The first kappa shape index (κ1) is 7.06. The van der Waals surface area contributed by atoms with Gasteiger partial charge in [0.1, 0.15) is 12.4 Å². The van der Waals surface area contributed by atoms with Crippen molar-refractivity contribution in [3.63, 3.8) is 0 Å². The molecule has 0 spiro atoms. The predicted octanol–water partition coefficient (Wildman–Crippen LogP) is 0.883. The van der Waals surface area contributed by atoms with E-state index in [0.717, 1.165) is 0 Å². The van der Waals surface area contributed by atoms with Crippen LogP contribution in [-0.2, 0) is 14.1 Å². The Bertz CT molecular complexity index is 226. The number of aromatic nitrogens is 2. The summed E-state index contributed by atoms with van der Waals surface area (Å²) >= 11 is 0. The van der Waals surface area contributed by atoms with Crippen molar-refractivity contribution in [2.75, 3.05) is 0 Å². The summed E-state index contributed by atoms with van der Waals surface area (Å²) in [6.07, 6.45) is 8.19. The molecule has 0 unspecified atom stereocenters. The first-order valence-electron chi connectivity index (χ1n) is 3.39. The van der Waals surface area contributed by atoms with E-state index in [-0.39, 0.29) is 0 Å². The van der Waals surface area contributed by atoms with E-state index in [9.17, 15) is 0 Å². The molecule has 0 atom stereocenters. The molecule has 0 saturated carbocycles. The van der Waals surface area contributed by atoms with Gasteiger partial charge in [0.15, 0.2) is 0 Å². The fraction of sp³-hybridized carbons (Fsp3) is 0.375. The van der Waals surface area contributed by atoms with Gasteiger partial charge in [-0.25, -0.2) is 9.13 Å². The molecule has 0 aliphatic rings. The minimum absolute atomic E-state index is 1.21. The zero-order valence-electron chi connectivity index (χ0n) is 6.70. The largest absolute Gasteiger partial charge is 0.280 e. The molecule has 0 aromatic carbocycles. The van der Waals surface area contributed by atoms with E-state index in [1.165, 1.54) is 5.82 Å². The third kappa shape index (κ3) is 1.10. The Morgan fingerprint density at radius 1 is 1.60 bits per heavy atom. The van der Waals surface area contributed by atoms with Crippen LogP contribution in [0.5, 0.6) is 0 Å². The van der Waals surface area contributed by atoms with Gasteiger partial charge in [-0.3, -0.25) is 0 Å². The molecule has 1 heterocycles. The Morgan fingerprint density at radius 2 is 2.30 bits per heavy atom. The quantitative estimate of drug-likeness (QED) is 0.508. The molecule has 0 amide bonds. The van der Waals surface area contributed by atoms with Crippen LogP contribution in [0.25, 0.3) is 6.08 Å². The lowest BCUT2D eigenvalue weighted by Gasteiger charge is -1.87. The van der Waals surface area contributed by atoms with Crippen molar-refractivity contribution in [1.29, 1.82) is 0 Å². The molecule has 1 aromatic heterocycles. The van der Waals surface area contributed by atoms with Crippen LogP contribution >= 0.6 is 0 Å². The highest BCUT2D eigenvalue weighted by Crippen LogP contribution is 1.92. The Hall–Kier alpha value is -1.05. The molecule has 0 fully saturated rings. The molecule has 54 valence electrons. The first-order valence-corrected chi connectivity index (χ1v) is 3.39. The van der Waals surface area contributed by atoms with Crippen molar-refractivity contribution >= 4 is 6.08 Å². The summed E-state index contributed by atoms with van der Waals surface area (Å²) < 4.78 is 4.17. The Balaban J connectivity index is 3.10. The molecule has 10 heavy (non-hydrogen) atoms. The van der Waals surface area contributed by atoms with E-state index < -0.39 is 0 Å². The van der Waals surface area contributed by atoms with Crippen LogP contribution in [0.3, 0.4) is 0 Å². The number of aryl methyl sites for hydroxylation is 2. The van der Waals surface area contributed by atoms with E-state index in [0.29, 0.717) is 0 Å². The van der Waals surface area contributed by atoms with Gasteiger partial charge in [0.25, 0.3) is 5.82 Å². The maximum absolute atomic E-state index is 2.08. The van der Waals surface area contributed by atoms with Crippen LogP contribution in [0.15, 0.2) is 18.5 Å². The highest BCUT2D eigenvalue weighted by molar-refractivity contribution is 5.36. The van der Waals surface area contributed by atoms with Gasteiger partial charge >= 0.3 is 0 Å². The lowest BCUT2D eigenvalue weighted by Crippen LogP contribution is -2.29. The fourth-order valence-electron chi connectivity index (χ4n) is 0.986. The molecule has 0 bridgehead atoms. The highest BCUT2D eigenvalue weighted by Gasteiger charge is 2.04. The minimum atomic E-state index is 1.21. The average Bonchev–Trinajstić information content (AvgIpc) is 2.20. The van der Waals surface area contributed by atoms with E-state index in [1.807, 2.05) is 39.5 Å². The monoisotopic (exact) mass is 137 g/mol. The molecule has 2 nitrogen and oxygen atoms in total. The third-order valence-electron chi connectivity index (χ3n) is 1.55. The second kappa shape index (κ2) is 2.69. The summed E-state index contributed by atoms with van der Waals surface area (Å²) in [5.74, 6) is 1.21. The first-order chi connectivity index (χ1) is 4.75. The highest BCUT2D eigenvalue weighted by atomic mass is 15.1. The summed E-state index contributed by atoms with van der Waals surface area (Å²) in [5, 5.41) is 0. The summed E-state index contributed by atoms with van der Waals surface area (Å²) in [7, 11) is 4.07. The average molecular weight is 137 g/mol. The van der Waals surface area contributed by atoms with Crippen LogP contribution < -0.4 is 4.57 Å². The minimum Gasteiger partial charge on any atom is -0.233 e. The van der Waals surface area contributed by atoms with Crippen molar-refractivity contribution in [2.24, 2.45) is 14.1 Å². The molecule has 0 saturated heterocycles. The van der Waals surface area contributed by atoms with E-state index >= 15 is 0 Å². The van der Waals surface area contributed by atoms with Gasteiger partial charge in [-0.05, 0) is 6.92 Å². The summed E-state index contributed by atoms with van der Waals surface area (Å²) in [6.45, 7) is 2.02. The molecule has 0 aliphatic heterocycles. The van der Waals surface area contributed by atoms with Gasteiger partial charge in [-0.15, -0.1) is 0 Å². The number of hydrogen-bond acceptors (Lipinski definition) is 0. The van der Waals surface area contributed by atoms with E-state index in [2.05, 4.69) is 15.2 Å². The Labute approximate surface area is 61.4 Å². The maximum atomic E-state index is 2.08. The van der Waals surface area contributed by atoms with Gasteiger partial charge in [-0.1, -0.05) is 6.08 Å². The van der Waals surface area contributed by atoms with Crippen molar-refractivity contribution in [3.8, 4) is 0 Å². The lowest BCUT2D eigenvalue weighted by atomic mass is 10.5. The van der Waals surface area contributed by atoms with Crippen LogP contribution in [0.1, 0.15) is 12.7 Å². The second-order valence-corrected chi connectivity index (χ2v) is 2.38. The van der Waals surface area contributed by atoms with Crippen molar-refractivity contribution in [2.45, 2.75) is 6.92 Å². The van der Waals surface area contributed by atoms with E-state index in [1.54, 1.807) is 0 Å². The molecule has 2 heteroatoms. The van der Waals surface area contributed by atoms with E-state index in [4.69, 9.17) is 0 Å². The summed E-state index contributed by atoms with van der Waals surface area (Å²) in [6, 6.07) is 0. The fourth-order valence-corrected chi connectivity index (χ4v) is 0.986. The molecule has 0 aliphatic carbocycles. The normalized spacial score (nSPS) is 11.1. The standard InChI is InChI=1S/C8H13N2/c1-4-5-8-9(2)6-7-10(8)3/h4-7H,1-3H3/q+1/b5-4-. The van der Waals surface area contributed by atoms with Crippen LogP contribution in [0.4, 0.5) is 0 Å². The number of nitrogens with zero attached hydrogens (tertiary/aromatic N) is 2. The predicted molar refractivity (Wildman–Crippen MR) is 41.3 cm³/mol. The van der Waals surface area contributed by atoms with Gasteiger partial charge < -0.3 is 0 Å². The molecule has 0 N–H and O–H groups in total. The molecular weight excluding hydrogens is 124 g/mol. The Kier molecular flexibility index (Phi) is 1.90. The number of imidazole rings is 1. The number of hydrogen-bond donors (Lipinski definition) is 0. The Morgan fingerprint density at radius 3 is 2.70 bits per heavy atom. The van der Waals surface area contributed by atoms with Gasteiger partial charge in [-0.2, -0.15) is 0 Å². The zero-order chi connectivity index (χ0) is 7.56. The molecule has 1 aromatic rings. The van der Waals surface area contributed by atoms with Crippen molar-refractivity contribution in [1.82, 2.24) is 4.57 Å². The van der Waals surface area contributed by atoms with Gasteiger partial charge in [0.05, 0.1) is 14.1 Å². The molecule has 0 radical (unpaired) electrons. The number of rotatable bonds is 1. The van der Waals surface area contributed by atoms with Crippen LogP contribution in [0, 0.1) is 0 Å². The second-order valence-electron chi connectivity index (χ2n) is 2.38. The summed E-state index contributed by atoms with van der Waals surface area (Å²) in [4.78, 5) is 0. The number of allylic oxidation sites excluding steroid dienone is 1. The topological polar surface area (TPSA) is 8.81 Å². The van der Waals surface area contributed by atoms with Gasteiger partial charge in [0, 0.05) is 6.08 Å². The SMILES string of the molecule is C/C=C\c1n(C)cc[n+]1C. The molecular formula is C8H13N2+. The van der Waals surface area contributed by atoms with Crippen LogP contribution in [0.2, 0.25) is 0 Å². The maximum Gasteiger partial charge on any atom is 0.280 e. The van der Waals surface area contributed by atoms with Crippen LogP contribution in [-0.4, -0.2) is 4.57 Å². The van der Waals surface area contributed by atoms with Crippen molar-refractivity contribution < 1.29 is 4.57 Å². The van der Waals surface area contributed by atoms with Crippen molar-refractivity contribution in [3.05, 3.63) is 24.3 Å². The summed E-state index contributed by atoms with van der Waals surface area (Å²) in [5.41, 5.74) is 0.